The van der Waals surface area contributed by atoms with E-state index in [0.29, 0.717) is 17.1 Å². The molecule has 2 aromatic rings. The third-order valence-electron chi connectivity index (χ3n) is 5.58. The first-order valence-electron chi connectivity index (χ1n) is 10.1. The monoisotopic (exact) mass is 493 g/mol. The summed E-state index contributed by atoms with van der Waals surface area (Å²) in [5.41, 5.74) is 2.05. The molecule has 2 aliphatic heterocycles. The van der Waals surface area contributed by atoms with Crippen LogP contribution in [-0.2, 0) is 21.9 Å². The molecule has 1 aromatic carbocycles. The molecule has 0 amide bonds. The smallest absolute Gasteiger partial charge is 0.338 e. The lowest BCUT2D eigenvalue weighted by atomic mass is 9.97. The first-order chi connectivity index (χ1) is 14.4. The summed E-state index contributed by atoms with van der Waals surface area (Å²) in [6.07, 6.45) is 1.94. The van der Waals surface area contributed by atoms with Crippen LogP contribution in [0.2, 0.25) is 0 Å². The van der Waals surface area contributed by atoms with Gasteiger partial charge in [-0.2, -0.15) is 5.10 Å². The fraction of sp³-hybridized carbons (Fsp3) is 0.429. The van der Waals surface area contributed by atoms with Gasteiger partial charge in [0, 0.05) is 18.8 Å². The number of alkyl halides is 1. The molecular weight excluding hydrogens is 470 g/mol. The van der Waals surface area contributed by atoms with Crippen molar-refractivity contribution in [2.45, 2.75) is 36.6 Å². The van der Waals surface area contributed by atoms with Gasteiger partial charge in [-0.3, -0.25) is 0 Å². The molecule has 0 aliphatic carbocycles. The molecule has 0 saturated carbocycles. The van der Waals surface area contributed by atoms with Gasteiger partial charge in [-0.15, -0.1) is 0 Å². The molecule has 0 radical (unpaired) electrons. The summed E-state index contributed by atoms with van der Waals surface area (Å²) < 4.78 is 30.4. The molecule has 30 heavy (non-hydrogen) atoms. The van der Waals surface area contributed by atoms with Crippen molar-refractivity contribution < 1.29 is 17.9 Å². The number of amidine groups is 1. The minimum atomic E-state index is -2.76. The Morgan fingerprint density at radius 3 is 2.53 bits per heavy atom. The Morgan fingerprint density at radius 1 is 1.20 bits per heavy atom. The Balaban J connectivity index is 1.83. The second kappa shape index (κ2) is 8.55. The van der Waals surface area contributed by atoms with Crippen molar-refractivity contribution in [2.24, 2.45) is 5.10 Å². The topological polar surface area (TPSA) is 81.0 Å². The van der Waals surface area contributed by atoms with Crippen LogP contribution >= 0.6 is 15.9 Å². The number of esters is 1. The van der Waals surface area contributed by atoms with Crippen molar-refractivity contribution in [3.8, 4) is 0 Å². The molecule has 160 valence electrons. The molecule has 9 heteroatoms. The van der Waals surface area contributed by atoms with Gasteiger partial charge in [0.1, 0.15) is 20.9 Å². The van der Waals surface area contributed by atoms with Gasteiger partial charge in [-0.25, -0.2) is 17.9 Å². The second-order valence-corrected chi connectivity index (χ2v) is 9.93. The molecule has 0 bridgehead atoms. The highest BCUT2D eigenvalue weighted by molar-refractivity contribution is 9.10. The van der Waals surface area contributed by atoms with Crippen LogP contribution in [0.15, 0.2) is 47.6 Å². The highest BCUT2D eigenvalue weighted by atomic mass is 79.9. The fourth-order valence-electron chi connectivity index (χ4n) is 4.11. The maximum Gasteiger partial charge on any atom is 0.338 e. The van der Waals surface area contributed by atoms with E-state index in [1.54, 1.807) is 28.9 Å². The summed E-state index contributed by atoms with van der Waals surface area (Å²) >= 11 is 3.69. The zero-order valence-electron chi connectivity index (χ0n) is 16.7. The van der Waals surface area contributed by atoms with Gasteiger partial charge in [0.2, 0.25) is 0 Å². The van der Waals surface area contributed by atoms with Crippen LogP contribution in [0.1, 0.15) is 47.6 Å². The van der Waals surface area contributed by atoms with Crippen molar-refractivity contribution in [2.75, 3.05) is 18.8 Å². The second-order valence-electron chi connectivity index (χ2n) is 7.54. The van der Waals surface area contributed by atoms with Gasteiger partial charge in [0.05, 0.1) is 17.0 Å². The Bertz CT molecular complexity index is 1040. The highest BCUT2D eigenvalue weighted by Crippen LogP contribution is 2.44. The zero-order valence-corrected chi connectivity index (χ0v) is 19.1. The lowest BCUT2D eigenvalue weighted by Gasteiger charge is -2.41. The molecule has 1 aromatic heterocycles. The number of carbonyl (C=O) groups is 1. The molecule has 0 N–H and O–H groups in total. The Morgan fingerprint density at radius 2 is 1.90 bits per heavy atom. The highest BCUT2D eigenvalue weighted by Gasteiger charge is 2.52. The van der Waals surface area contributed by atoms with Crippen molar-refractivity contribution in [1.82, 2.24) is 9.58 Å². The van der Waals surface area contributed by atoms with Gasteiger partial charge in [-0.05, 0) is 43.5 Å². The number of halogens is 1. The first-order valence-corrected chi connectivity index (χ1v) is 12.2. The number of rotatable bonds is 5. The van der Waals surface area contributed by atoms with E-state index in [0.717, 1.165) is 38.0 Å². The van der Waals surface area contributed by atoms with E-state index in [2.05, 4.69) is 20.8 Å². The summed E-state index contributed by atoms with van der Waals surface area (Å²) in [5, 5.41) is 4.85. The minimum absolute atomic E-state index is 0.225. The minimum Gasteiger partial charge on any atom is -0.450 e. The standard InChI is InChI=1S/C21H24BrN3O4S/c1-2-16-10-11-17-18(29-19(26)15-8-4-3-5-9-15)21(22,14-30(27)28)20(23-25(16)17)24-12-6-7-13-24/h3-5,8-11,18,30H,2,6-7,12-14H2,1H3. The SMILES string of the molecule is CCc1ccc2n1N=C(N1CCCC1)C(Br)(C[SH](=O)=O)C2OC(=O)c1ccccc1. The number of aryl methyl sites for hydroxylation is 1. The van der Waals surface area contributed by atoms with Gasteiger partial charge in [0.25, 0.3) is 0 Å². The summed E-state index contributed by atoms with van der Waals surface area (Å²) in [6.45, 7) is 3.61. The van der Waals surface area contributed by atoms with Crippen LogP contribution in [-0.4, -0.2) is 53.0 Å². The van der Waals surface area contributed by atoms with E-state index in [1.807, 2.05) is 25.1 Å². The van der Waals surface area contributed by atoms with Crippen LogP contribution in [0.25, 0.3) is 0 Å². The van der Waals surface area contributed by atoms with E-state index < -0.39 is 27.1 Å². The summed E-state index contributed by atoms with van der Waals surface area (Å²) in [7, 11) is -2.76. The number of fused-ring (bicyclic) bond motifs is 1. The number of aromatic nitrogens is 1. The number of hydrogen-bond acceptors (Lipinski definition) is 6. The van der Waals surface area contributed by atoms with Crippen LogP contribution < -0.4 is 0 Å². The lowest BCUT2D eigenvalue weighted by Crippen LogP contribution is -2.54. The maximum atomic E-state index is 12.9. The summed E-state index contributed by atoms with van der Waals surface area (Å²) in [5.74, 6) is -0.126. The number of likely N-dealkylation sites (tertiary alicyclic amines) is 1. The molecule has 1 fully saturated rings. The van der Waals surface area contributed by atoms with Gasteiger partial charge in [0.15, 0.2) is 6.10 Å². The van der Waals surface area contributed by atoms with Crippen molar-refractivity contribution in [3.05, 3.63) is 59.4 Å². The van der Waals surface area contributed by atoms with E-state index in [1.165, 1.54) is 0 Å². The first kappa shape index (κ1) is 21.1. The van der Waals surface area contributed by atoms with Crippen LogP contribution in [0.3, 0.4) is 0 Å². The predicted molar refractivity (Wildman–Crippen MR) is 119 cm³/mol. The summed E-state index contributed by atoms with van der Waals surface area (Å²) in [6, 6.07) is 12.5. The van der Waals surface area contributed by atoms with Gasteiger partial charge in [-0.1, -0.05) is 41.1 Å². The zero-order chi connectivity index (χ0) is 21.3. The Kier molecular flexibility index (Phi) is 6.02. The molecule has 7 nitrogen and oxygen atoms in total. The molecular formula is C21H24BrN3O4S. The number of hydrogen-bond donors (Lipinski definition) is 1. The largest absolute Gasteiger partial charge is 0.450 e. The quantitative estimate of drug-likeness (QED) is 0.393. The normalized spacial score (nSPS) is 23.4. The van der Waals surface area contributed by atoms with Crippen molar-refractivity contribution in [1.29, 1.82) is 0 Å². The van der Waals surface area contributed by atoms with Crippen molar-refractivity contribution in [3.63, 3.8) is 0 Å². The summed E-state index contributed by atoms with van der Waals surface area (Å²) in [4.78, 5) is 15.0. The molecule has 2 aliphatic rings. The number of nitrogens with zero attached hydrogens (tertiary/aromatic N) is 3. The molecule has 2 atom stereocenters. The van der Waals surface area contributed by atoms with Crippen molar-refractivity contribution >= 4 is 38.4 Å². The van der Waals surface area contributed by atoms with E-state index >= 15 is 0 Å². The average Bonchev–Trinajstić information content (AvgIpc) is 3.39. The van der Waals surface area contributed by atoms with Crippen LogP contribution in [0.4, 0.5) is 0 Å². The predicted octanol–water partition coefficient (Wildman–Crippen LogP) is 2.96. The van der Waals surface area contributed by atoms with Crippen LogP contribution in [0, 0.1) is 0 Å². The molecule has 2 unspecified atom stereocenters. The number of carbonyl (C=O) groups excluding carboxylic acids is 1. The molecule has 3 heterocycles. The van der Waals surface area contributed by atoms with Gasteiger partial charge < -0.3 is 9.64 Å². The average molecular weight is 494 g/mol. The van der Waals surface area contributed by atoms with E-state index in [9.17, 15) is 13.2 Å². The number of benzene rings is 1. The lowest BCUT2D eigenvalue weighted by molar-refractivity contribution is 0.0233. The van der Waals surface area contributed by atoms with Crippen LogP contribution in [0.5, 0.6) is 0 Å². The Hall–Kier alpha value is -2.13. The van der Waals surface area contributed by atoms with Gasteiger partial charge >= 0.3 is 5.97 Å². The molecule has 4 rings (SSSR count). The number of ether oxygens (including phenoxy) is 1. The Labute approximate surface area is 185 Å². The maximum absolute atomic E-state index is 12.9. The molecule has 0 spiro atoms. The molecule has 1 saturated heterocycles. The number of thiol groups is 1. The third-order valence-corrected chi connectivity index (χ3v) is 7.82. The fourth-order valence-corrected chi connectivity index (χ4v) is 6.06. The van der Waals surface area contributed by atoms with E-state index in [4.69, 9.17) is 9.84 Å². The van der Waals surface area contributed by atoms with E-state index in [-0.39, 0.29) is 5.75 Å². The third kappa shape index (κ3) is 3.80.